The van der Waals surface area contributed by atoms with E-state index in [2.05, 4.69) is 5.32 Å². The number of nitrogens with one attached hydrogen (secondary N) is 1. The summed E-state index contributed by atoms with van der Waals surface area (Å²) in [5.41, 5.74) is 0.916. The molecule has 1 heterocycles. The number of hydrogen-bond acceptors (Lipinski definition) is 2. The van der Waals surface area contributed by atoms with Crippen molar-refractivity contribution >= 4 is 0 Å². The first kappa shape index (κ1) is 14.1. The van der Waals surface area contributed by atoms with Crippen molar-refractivity contribution in [2.24, 2.45) is 0 Å². The Morgan fingerprint density at radius 1 is 1.37 bits per heavy atom. The van der Waals surface area contributed by atoms with Gasteiger partial charge in [0.15, 0.2) is 0 Å². The van der Waals surface area contributed by atoms with Crippen molar-refractivity contribution in [3.8, 4) is 5.75 Å². The van der Waals surface area contributed by atoms with Crippen LogP contribution >= 0.6 is 0 Å². The van der Waals surface area contributed by atoms with E-state index >= 15 is 0 Å². The van der Waals surface area contributed by atoms with Crippen molar-refractivity contribution in [2.75, 3.05) is 7.05 Å². The lowest BCUT2D eigenvalue weighted by atomic mass is 9.97. The highest BCUT2D eigenvalue weighted by molar-refractivity contribution is 5.42. The Labute approximate surface area is 108 Å². The predicted octanol–water partition coefficient (Wildman–Crippen LogP) is 3.17. The predicted molar refractivity (Wildman–Crippen MR) is 63.0 cm³/mol. The molecule has 106 valence electrons. The molecule has 2 unspecified atom stereocenters. The molecule has 0 radical (unpaired) electrons. The monoisotopic (exact) mass is 277 g/mol. The van der Waals surface area contributed by atoms with Crippen molar-refractivity contribution in [3.63, 3.8) is 0 Å². The van der Waals surface area contributed by atoms with Gasteiger partial charge in [0.05, 0.1) is 0 Å². The van der Waals surface area contributed by atoms with Crippen molar-refractivity contribution in [1.29, 1.82) is 0 Å². The van der Waals surface area contributed by atoms with E-state index < -0.39 is 18.4 Å². The van der Waals surface area contributed by atoms with Gasteiger partial charge in [-0.25, -0.2) is 8.78 Å². The molecule has 19 heavy (non-hydrogen) atoms. The Kier molecular flexibility index (Phi) is 3.71. The van der Waals surface area contributed by atoms with Crippen LogP contribution in [0.5, 0.6) is 5.75 Å². The summed E-state index contributed by atoms with van der Waals surface area (Å²) < 4.78 is 57.3. The van der Waals surface area contributed by atoms with Crippen LogP contribution in [0.2, 0.25) is 0 Å². The number of hydrogen-bond donors (Lipinski definition) is 1. The summed E-state index contributed by atoms with van der Waals surface area (Å²) in [4.78, 5) is 0. The Hall–Kier alpha value is -1.30. The smallest absolute Gasteiger partial charge is 0.326 e. The third-order valence-corrected chi connectivity index (χ3v) is 3.22. The van der Waals surface area contributed by atoms with Gasteiger partial charge in [0.1, 0.15) is 17.9 Å². The Bertz CT molecular complexity index is 464. The first-order chi connectivity index (χ1) is 8.86. The summed E-state index contributed by atoms with van der Waals surface area (Å²) in [6.45, 7) is 1.86. The second-order valence-electron chi connectivity index (χ2n) is 4.70. The van der Waals surface area contributed by atoms with E-state index in [-0.39, 0.29) is 11.7 Å². The molecule has 0 spiro atoms. The van der Waals surface area contributed by atoms with Crippen LogP contribution in [0.4, 0.5) is 17.6 Å². The highest BCUT2D eigenvalue weighted by atomic mass is 19.3. The second-order valence-corrected chi connectivity index (χ2v) is 4.70. The summed E-state index contributed by atoms with van der Waals surface area (Å²) >= 11 is 0. The van der Waals surface area contributed by atoms with E-state index in [0.717, 1.165) is 5.56 Å². The molecule has 0 fully saturated rings. The number of rotatable bonds is 4. The van der Waals surface area contributed by atoms with E-state index in [1.807, 2.05) is 6.92 Å². The minimum Gasteiger partial charge on any atom is -0.490 e. The Balaban J connectivity index is 2.33. The fourth-order valence-corrected chi connectivity index (χ4v) is 2.33. The van der Waals surface area contributed by atoms with E-state index in [0.29, 0.717) is 12.2 Å². The maximum atomic E-state index is 13.5. The molecule has 1 aliphatic rings. The summed E-state index contributed by atoms with van der Waals surface area (Å²) in [7, 11) is 1.24. The SMILES string of the molecule is CNC(c1ccc2c(c1)CC(C)O2)C(F)(F)C(F)F. The van der Waals surface area contributed by atoms with Gasteiger partial charge >= 0.3 is 12.3 Å². The van der Waals surface area contributed by atoms with Crippen LogP contribution in [-0.4, -0.2) is 25.5 Å². The number of fused-ring (bicyclic) bond motifs is 1. The van der Waals surface area contributed by atoms with Gasteiger partial charge in [-0.1, -0.05) is 12.1 Å². The lowest BCUT2D eigenvalue weighted by Gasteiger charge is -2.26. The lowest BCUT2D eigenvalue weighted by molar-refractivity contribution is -0.150. The first-order valence-electron chi connectivity index (χ1n) is 5.99. The fourth-order valence-electron chi connectivity index (χ4n) is 2.33. The van der Waals surface area contributed by atoms with Gasteiger partial charge in [-0.15, -0.1) is 0 Å². The third-order valence-electron chi connectivity index (χ3n) is 3.22. The highest BCUT2D eigenvalue weighted by Gasteiger charge is 2.49. The number of benzene rings is 1. The van der Waals surface area contributed by atoms with Crippen molar-refractivity contribution in [2.45, 2.75) is 37.8 Å². The summed E-state index contributed by atoms with van der Waals surface area (Å²) in [5.74, 6) is -3.49. The summed E-state index contributed by atoms with van der Waals surface area (Å²) in [6, 6.07) is 2.75. The molecule has 1 N–H and O–H groups in total. The maximum absolute atomic E-state index is 13.5. The molecule has 1 aromatic carbocycles. The van der Waals surface area contributed by atoms with Crippen LogP contribution in [0.25, 0.3) is 0 Å². The van der Waals surface area contributed by atoms with Crippen LogP contribution in [0, 0.1) is 0 Å². The normalized spacial score (nSPS) is 20.3. The third kappa shape index (κ3) is 2.54. The molecule has 1 aliphatic heterocycles. The molecule has 2 atom stereocenters. The quantitative estimate of drug-likeness (QED) is 0.853. The van der Waals surface area contributed by atoms with Crippen LogP contribution in [0.3, 0.4) is 0 Å². The van der Waals surface area contributed by atoms with E-state index in [1.165, 1.54) is 19.2 Å². The molecule has 0 aromatic heterocycles. The Morgan fingerprint density at radius 2 is 2.05 bits per heavy atom. The van der Waals surface area contributed by atoms with Gasteiger partial charge in [0, 0.05) is 6.42 Å². The van der Waals surface area contributed by atoms with Gasteiger partial charge < -0.3 is 10.1 Å². The Morgan fingerprint density at radius 3 is 2.63 bits per heavy atom. The number of alkyl halides is 4. The van der Waals surface area contributed by atoms with Gasteiger partial charge in [0.25, 0.3) is 0 Å². The zero-order valence-corrected chi connectivity index (χ0v) is 10.6. The molecule has 0 saturated heterocycles. The fraction of sp³-hybridized carbons (Fsp3) is 0.538. The zero-order valence-electron chi connectivity index (χ0n) is 10.6. The molecule has 0 aliphatic carbocycles. The van der Waals surface area contributed by atoms with Crippen molar-refractivity contribution in [3.05, 3.63) is 29.3 Å². The lowest BCUT2D eigenvalue weighted by Crippen LogP contribution is -2.41. The van der Waals surface area contributed by atoms with Crippen LogP contribution in [0.15, 0.2) is 18.2 Å². The maximum Gasteiger partial charge on any atom is 0.326 e. The average molecular weight is 277 g/mol. The number of ether oxygens (including phenoxy) is 1. The van der Waals surface area contributed by atoms with Gasteiger partial charge in [-0.2, -0.15) is 8.78 Å². The van der Waals surface area contributed by atoms with Crippen LogP contribution < -0.4 is 10.1 Å². The number of halogens is 4. The van der Waals surface area contributed by atoms with Crippen molar-refractivity contribution < 1.29 is 22.3 Å². The molecule has 1 aromatic rings. The van der Waals surface area contributed by atoms with Gasteiger partial charge in [0.2, 0.25) is 0 Å². The summed E-state index contributed by atoms with van der Waals surface area (Å²) in [6.07, 6.45) is -3.14. The van der Waals surface area contributed by atoms with E-state index in [9.17, 15) is 17.6 Å². The van der Waals surface area contributed by atoms with Crippen LogP contribution in [0.1, 0.15) is 24.1 Å². The molecule has 6 heteroatoms. The highest BCUT2D eigenvalue weighted by Crippen LogP contribution is 2.39. The molecular formula is C13H15F4NO. The minimum atomic E-state index is -4.12. The zero-order chi connectivity index (χ0) is 14.2. The molecule has 2 nitrogen and oxygen atoms in total. The minimum absolute atomic E-state index is 0.0195. The van der Waals surface area contributed by atoms with E-state index in [4.69, 9.17) is 4.74 Å². The van der Waals surface area contributed by atoms with Crippen LogP contribution in [-0.2, 0) is 6.42 Å². The standard InChI is InChI=1S/C13H15F4NO/c1-7-5-9-6-8(3-4-10(9)19-7)11(18-2)13(16,17)12(14)15/h3-4,6-7,11-12,18H,5H2,1-2H3. The molecule has 0 amide bonds. The largest absolute Gasteiger partial charge is 0.490 e. The average Bonchev–Trinajstić information content (AvgIpc) is 2.68. The molecular weight excluding hydrogens is 262 g/mol. The molecule has 0 bridgehead atoms. The van der Waals surface area contributed by atoms with E-state index in [1.54, 1.807) is 6.07 Å². The topological polar surface area (TPSA) is 21.3 Å². The van der Waals surface area contributed by atoms with Gasteiger partial charge in [-0.05, 0) is 31.2 Å². The first-order valence-corrected chi connectivity index (χ1v) is 5.99. The molecule has 2 rings (SSSR count). The summed E-state index contributed by atoms with van der Waals surface area (Å²) in [5, 5.41) is 2.27. The second kappa shape index (κ2) is 5.00. The van der Waals surface area contributed by atoms with Gasteiger partial charge in [-0.3, -0.25) is 0 Å². The molecule has 0 saturated carbocycles. The van der Waals surface area contributed by atoms with Crippen molar-refractivity contribution in [1.82, 2.24) is 5.32 Å².